The number of benzene rings is 2. The number of carbonyl (C=O) groups excluding carboxylic acids is 3. The number of hydrogen-bond donors (Lipinski definition) is 0. The fourth-order valence-electron chi connectivity index (χ4n) is 5.48. The van der Waals surface area contributed by atoms with Gasteiger partial charge < -0.3 is 9.64 Å². The molecule has 2 aromatic rings. The van der Waals surface area contributed by atoms with E-state index in [2.05, 4.69) is 0 Å². The van der Waals surface area contributed by atoms with Gasteiger partial charge in [0.05, 0.1) is 5.41 Å². The molecule has 0 spiro atoms. The summed E-state index contributed by atoms with van der Waals surface area (Å²) >= 11 is 5.99. The van der Waals surface area contributed by atoms with Crippen LogP contribution in [0.2, 0.25) is 5.02 Å². The van der Waals surface area contributed by atoms with E-state index in [9.17, 15) is 14.4 Å². The molecule has 5 nitrogen and oxygen atoms in total. The van der Waals surface area contributed by atoms with Crippen molar-refractivity contribution in [1.29, 1.82) is 0 Å². The Morgan fingerprint density at radius 1 is 1.03 bits per heavy atom. The van der Waals surface area contributed by atoms with Crippen molar-refractivity contribution in [3.63, 3.8) is 0 Å². The van der Waals surface area contributed by atoms with Crippen molar-refractivity contribution < 1.29 is 19.1 Å². The van der Waals surface area contributed by atoms with Crippen LogP contribution in [0.4, 0.5) is 0 Å². The van der Waals surface area contributed by atoms with Crippen LogP contribution in [-0.2, 0) is 9.59 Å². The summed E-state index contributed by atoms with van der Waals surface area (Å²) in [4.78, 5) is 42.6. The third kappa shape index (κ3) is 2.38. The number of likely N-dealkylation sites (tertiary alicyclic amines) is 1. The van der Waals surface area contributed by atoms with Crippen LogP contribution < -0.4 is 4.74 Å². The van der Waals surface area contributed by atoms with Crippen molar-refractivity contribution in [2.75, 3.05) is 13.1 Å². The Bertz CT molecular complexity index is 1060. The normalized spacial score (nSPS) is 29.5. The SMILES string of the molecule is C[C@]1(C(=O)c2ccc(Cl)cc2)[C@@H]2c3ccccc3OC(=O)[C@]21C(=O)N1CCCCC1. The van der Waals surface area contributed by atoms with Crippen LogP contribution >= 0.6 is 11.6 Å². The molecular formula is C24H22ClNO4. The van der Waals surface area contributed by atoms with Crippen LogP contribution in [0.1, 0.15) is 48.0 Å². The van der Waals surface area contributed by atoms with Gasteiger partial charge in [0, 0.05) is 35.2 Å². The van der Waals surface area contributed by atoms with Gasteiger partial charge in [0.25, 0.3) is 0 Å². The molecule has 1 saturated carbocycles. The Morgan fingerprint density at radius 3 is 2.40 bits per heavy atom. The Balaban J connectivity index is 1.65. The Kier molecular flexibility index (Phi) is 4.30. The number of Topliss-reactive ketones (excluding diaryl/α,β-unsaturated/α-hetero) is 1. The molecule has 2 aromatic carbocycles. The third-order valence-corrected chi connectivity index (χ3v) is 7.31. The lowest BCUT2D eigenvalue weighted by molar-refractivity contribution is -0.154. The second kappa shape index (κ2) is 6.67. The van der Waals surface area contributed by atoms with Crippen LogP contribution in [0.5, 0.6) is 5.75 Å². The van der Waals surface area contributed by atoms with Crippen molar-refractivity contribution >= 4 is 29.3 Å². The van der Waals surface area contributed by atoms with Gasteiger partial charge in [-0.3, -0.25) is 14.4 Å². The predicted molar refractivity (Wildman–Crippen MR) is 112 cm³/mol. The van der Waals surface area contributed by atoms with Crippen LogP contribution in [0.3, 0.4) is 0 Å². The molecule has 1 saturated heterocycles. The molecule has 2 heterocycles. The quantitative estimate of drug-likeness (QED) is 0.320. The monoisotopic (exact) mass is 423 g/mol. The maximum absolute atomic E-state index is 13.8. The van der Waals surface area contributed by atoms with Gasteiger partial charge >= 0.3 is 5.97 Å². The first-order valence-corrected chi connectivity index (χ1v) is 10.7. The zero-order valence-corrected chi connectivity index (χ0v) is 17.4. The van der Waals surface area contributed by atoms with E-state index in [-0.39, 0.29) is 11.7 Å². The predicted octanol–water partition coefficient (Wildman–Crippen LogP) is 4.24. The lowest BCUT2D eigenvalue weighted by Crippen LogP contribution is -2.49. The van der Waals surface area contributed by atoms with Crippen molar-refractivity contribution in [2.45, 2.75) is 32.1 Å². The average molecular weight is 424 g/mol. The maximum Gasteiger partial charge on any atom is 0.328 e. The third-order valence-electron chi connectivity index (χ3n) is 7.06. The first-order chi connectivity index (χ1) is 14.4. The van der Waals surface area contributed by atoms with E-state index < -0.39 is 22.7 Å². The van der Waals surface area contributed by atoms with E-state index in [1.54, 1.807) is 48.2 Å². The average Bonchev–Trinajstić information content (AvgIpc) is 3.37. The van der Waals surface area contributed by atoms with Gasteiger partial charge in [0.15, 0.2) is 11.2 Å². The molecule has 3 aliphatic rings. The number of rotatable bonds is 3. The molecule has 0 N–H and O–H groups in total. The molecule has 0 bridgehead atoms. The summed E-state index contributed by atoms with van der Waals surface area (Å²) < 4.78 is 5.64. The number of ketones is 1. The van der Waals surface area contributed by atoms with Gasteiger partial charge in [-0.2, -0.15) is 0 Å². The highest BCUT2D eigenvalue weighted by molar-refractivity contribution is 6.30. The number of amides is 1. The molecule has 0 aromatic heterocycles. The van der Waals surface area contributed by atoms with E-state index in [0.29, 0.717) is 29.4 Å². The fraction of sp³-hybridized carbons (Fsp3) is 0.375. The molecule has 0 radical (unpaired) electrons. The molecule has 30 heavy (non-hydrogen) atoms. The lowest BCUT2D eigenvalue weighted by Gasteiger charge is -2.32. The van der Waals surface area contributed by atoms with Crippen molar-refractivity contribution in [2.24, 2.45) is 10.8 Å². The summed E-state index contributed by atoms with van der Waals surface area (Å²) in [6, 6.07) is 13.8. The number of nitrogens with zero attached hydrogens (tertiary/aromatic N) is 1. The molecule has 0 unspecified atom stereocenters. The highest BCUT2D eigenvalue weighted by atomic mass is 35.5. The molecule has 2 fully saturated rings. The van der Waals surface area contributed by atoms with Crippen molar-refractivity contribution in [3.8, 4) is 5.75 Å². The fourth-order valence-corrected chi connectivity index (χ4v) is 5.60. The van der Waals surface area contributed by atoms with Gasteiger partial charge in [-0.05, 0) is 56.5 Å². The van der Waals surface area contributed by atoms with Crippen molar-refractivity contribution in [1.82, 2.24) is 4.90 Å². The Labute approximate surface area is 180 Å². The minimum atomic E-state index is -1.52. The molecule has 3 atom stereocenters. The number of piperidine rings is 1. The summed E-state index contributed by atoms with van der Waals surface area (Å²) in [7, 11) is 0. The minimum absolute atomic E-state index is 0.233. The zero-order valence-electron chi connectivity index (χ0n) is 16.7. The summed E-state index contributed by atoms with van der Waals surface area (Å²) in [6.45, 7) is 2.95. The molecule has 154 valence electrons. The molecule has 5 rings (SSSR count). The summed E-state index contributed by atoms with van der Waals surface area (Å²) in [5.41, 5.74) is -1.55. The van der Waals surface area contributed by atoms with Crippen molar-refractivity contribution in [3.05, 3.63) is 64.7 Å². The van der Waals surface area contributed by atoms with Gasteiger partial charge in [-0.15, -0.1) is 0 Å². The van der Waals surface area contributed by atoms with Gasteiger partial charge in [0.1, 0.15) is 5.75 Å². The van der Waals surface area contributed by atoms with Gasteiger partial charge in [-0.1, -0.05) is 29.8 Å². The summed E-state index contributed by atoms with van der Waals surface area (Å²) in [5.74, 6) is -1.24. The Morgan fingerprint density at radius 2 is 1.70 bits per heavy atom. The standard InChI is InChI=1S/C24H22ClNO4/c1-23(20(27)15-9-11-16(25)12-10-15)19-17-7-3-4-8-18(17)30-22(29)24(19,23)21(28)26-13-5-2-6-14-26/h3-4,7-12,19H,2,5-6,13-14H2,1H3/t19-,23+,24+/m0/s1. The largest absolute Gasteiger partial charge is 0.425 e. The lowest BCUT2D eigenvalue weighted by atomic mass is 9.85. The highest BCUT2D eigenvalue weighted by Gasteiger charge is 2.88. The molecular weight excluding hydrogens is 402 g/mol. The summed E-state index contributed by atoms with van der Waals surface area (Å²) in [5, 5.41) is 0.522. The summed E-state index contributed by atoms with van der Waals surface area (Å²) in [6.07, 6.45) is 2.87. The molecule has 1 aliphatic carbocycles. The first kappa shape index (κ1) is 19.3. The number of esters is 1. The number of halogens is 1. The van der Waals surface area contributed by atoms with Crippen LogP contribution in [0, 0.1) is 10.8 Å². The number of hydrogen-bond acceptors (Lipinski definition) is 4. The van der Waals surface area contributed by atoms with E-state index in [1.165, 1.54) is 0 Å². The topological polar surface area (TPSA) is 63.7 Å². The van der Waals surface area contributed by atoms with Gasteiger partial charge in [-0.25, -0.2) is 0 Å². The maximum atomic E-state index is 13.8. The Hall–Kier alpha value is -2.66. The van der Waals surface area contributed by atoms with E-state index in [4.69, 9.17) is 16.3 Å². The molecule has 1 amide bonds. The number of ether oxygens (including phenoxy) is 1. The minimum Gasteiger partial charge on any atom is -0.425 e. The molecule has 6 heteroatoms. The second-order valence-electron chi connectivity index (χ2n) is 8.56. The molecule has 2 aliphatic heterocycles. The number of fused-ring (bicyclic) bond motifs is 3. The smallest absolute Gasteiger partial charge is 0.328 e. The second-order valence-corrected chi connectivity index (χ2v) is 9.00. The van der Waals surface area contributed by atoms with Crippen LogP contribution in [0.15, 0.2) is 48.5 Å². The first-order valence-electron chi connectivity index (χ1n) is 10.3. The van der Waals surface area contributed by atoms with E-state index >= 15 is 0 Å². The number of para-hydroxylation sites is 1. The zero-order chi connectivity index (χ0) is 21.1. The van der Waals surface area contributed by atoms with Crippen LogP contribution in [0.25, 0.3) is 0 Å². The van der Waals surface area contributed by atoms with Gasteiger partial charge in [0.2, 0.25) is 5.91 Å². The van der Waals surface area contributed by atoms with Crippen LogP contribution in [-0.4, -0.2) is 35.6 Å². The highest BCUT2D eigenvalue weighted by Crippen LogP contribution is 2.78. The number of carbonyl (C=O) groups is 3. The van der Waals surface area contributed by atoms with E-state index in [0.717, 1.165) is 24.8 Å². The van der Waals surface area contributed by atoms with E-state index in [1.807, 2.05) is 12.1 Å².